The van der Waals surface area contributed by atoms with Gasteiger partial charge in [-0.05, 0) is 36.8 Å². The van der Waals surface area contributed by atoms with Gasteiger partial charge in [0, 0.05) is 10.6 Å². The zero-order valence-electron chi connectivity index (χ0n) is 9.84. The van der Waals surface area contributed by atoms with Crippen molar-refractivity contribution in [3.63, 3.8) is 0 Å². The second-order valence-electron chi connectivity index (χ2n) is 3.88. The standard InChI is InChI=1S/C13H13NO3S/c1-8-2-3-9(14)6-12(8)18-7-10-4-5-11(17-10)13(15)16/h2-6H,7,14H2,1H3,(H,15,16). The molecular formula is C13H13NO3S. The lowest BCUT2D eigenvalue weighted by atomic mass is 10.2. The first-order chi connectivity index (χ1) is 8.56. The van der Waals surface area contributed by atoms with Gasteiger partial charge in [0.1, 0.15) is 5.76 Å². The van der Waals surface area contributed by atoms with Crippen LogP contribution in [0, 0.1) is 6.92 Å². The minimum atomic E-state index is -1.05. The van der Waals surface area contributed by atoms with E-state index in [1.807, 2.05) is 25.1 Å². The third-order valence-electron chi connectivity index (χ3n) is 2.45. The summed E-state index contributed by atoms with van der Waals surface area (Å²) in [6.45, 7) is 2.01. The molecule has 2 rings (SSSR count). The van der Waals surface area contributed by atoms with Crippen LogP contribution in [-0.2, 0) is 5.75 Å². The van der Waals surface area contributed by atoms with Gasteiger partial charge < -0.3 is 15.3 Å². The average Bonchev–Trinajstić information content (AvgIpc) is 2.79. The lowest BCUT2D eigenvalue weighted by Gasteiger charge is -2.05. The second kappa shape index (κ2) is 5.18. The summed E-state index contributed by atoms with van der Waals surface area (Å²) < 4.78 is 5.19. The van der Waals surface area contributed by atoms with Crippen LogP contribution in [0.5, 0.6) is 0 Å². The van der Waals surface area contributed by atoms with E-state index in [1.54, 1.807) is 17.8 Å². The molecule has 0 aliphatic heterocycles. The van der Waals surface area contributed by atoms with E-state index in [0.717, 1.165) is 10.5 Å². The highest BCUT2D eigenvalue weighted by Crippen LogP contribution is 2.28. The summed E-state index contributed by atoms with van der Waals surface area (Å²) in [5.74, 6) is 0.137. The molecule has 0 saturated heterocycles. The van der Waals surface area contributed by atoms with Crippen LogP contribution in [0.3, 0.4) is 0 Å². The molecule has 18 heavy (non-hydrogen) atoms. The maximum absolute atomic E-state index is 10.7. The number of carbonyl (C=O) groups is 1. The van der Waals surface area contributed by atoms with Gasteiger partial charge in [0.15, 0.2) is 0 Å². The van der Waals surface area contributed by atoms with Crippen molar-refractivity contribution in [1.82, 2.24) is 0 Å². The first-order valence-electron chi connectivity index (χ1n) is 5.37. The molecule has 0 spiro atoms. The molecule has 0 amide bonds. The number of hydrogen-bond donors (Lipinski definition) is 2. The molecule has 0 saturated carbocycles. The van der Waals surface area contributed by atoms with Gasteiger partial charge in [0.2, 0.25) is 5.76 Å². The Labute approximate surface area is 109 Å². The molecule has 2 aromatic rings. The predicted octanol–water partition coefficient (Wildman–Crippen LogP) is 3.16. The van der Waals surface area contributed by atoms with Gasteiger partial charge in [-0.25, -0.2) is 4.79 Å². The van der Waals surface area contributed by atoms with Crippen molar-refractivity contribution in [3.05, 3.63) is 47.4 Å². The van der Waals surface area contributed by atoms with Crippen molar-refractivity contribution >= 4 is 23.4 Å². The zero-order valence-corrected chi connectivity index (χ0v) is 10.7. The van der Waals surface area contributed by atoms with E-state index < -0.39 is 5.97 Å². The zero-order chi connectivity index (χ0) is 13.1. The summed E-state index contributed by atoms with van der Waals surface area (Å²) in [5, 5.41) is 8.75. The third-order valence-corrected chi connectivity index (χ3v) is 3.63. The average molecular weight is 263 g/mol. The van der Waals surface area contributed by atoms with E-state index >= 15 is 0 Å². The molecule has 1 aromatic carbocycles. The van der Waals surface area contributed by atoms with E-state index in [9.17, 15) is 4.79 Å². The lowest BCUT2D eigenvalue weighted by molar-refractivity contribution is 0.0661. The Balaban J connectivity index is 2.06. The summed E-state index contributed by atoms with van der Waals surface area (Å²) >= 11 is 1.57. The molecule has 0 atom stereocenters. The number of nitrogen functional groups attached to an aromatic ring is 1. The Morgan fingerprint density at radius 3 is 2.83 bits per heavy atom. The number of hydrogen-bond acceptors (Lipinski definition) is 4. The van der Waals surface area contributed by atoms with Gasteiger partial charge >= 0.3 is 5.97 Å². The fourth-order valence-electron chi connectivity index (χ4n) is 1.49. The quantitative estimate of drug-likeness (QED) is 0.654. The maximum atomic E-state index is 10.7. The number of anilines is 1. The molecular weight excluding hydrogens is 250 g/mol. The van der Waals surface area contributed by atoms with Crippen molar-refractivity contribution in [1.29, 1.82) is 0 Å². The smallest absolute Gasteiger partial charge is 0.371 e. The van der Waals surface area contributed by atoms with E-state index in [1.165, 1.54) is 6.07 Å². The van der Waals surface area contributed by atoms with Crippen LogP contribution in [0.15, 0.2) is 39.6 Å². The van der Waals surface area contributed by atoms with Crippen molar-refractivity contribution in [3.8, 4) is 0 Å². The van der Waals surface area contributed by atoms with Crippen molar-refractivity contribution in [2.45, 2.75) is 17.6 Å². The van der Waals surface area contributed by atoms with Crippen molar-refractivity contribution in [2.24, 2.45) is 0 Å². The molecule has 3 N–H and O–H groups in total. The lowest BCUT2D eigenvalue weighted by Crippen LogP contribution is -1.91. The number of aromatic carboxylic acids is 1. The molecule has 4 nitrogen and oxygen atoms in total. The number of thioether (sulfide) groups is 1. The Morgan fingerprint density at radius 2 is 2.17 bits per heavy atom. The fraction of sp³-hybridized carbons (Fsp3) is 0.154. The molecule has 1 aromatic heterocycles. The van der Waals surface area contributed by atoms with Gasteiger partial charge in [-0.2, -0.15) is 0 Å². The summed E-state index contributed by atoms with van der Waals surface area (Å²) in [5.41, 5.74) is 7.58. The van der Waals surface area contributed by atoms with Crippen LogP contribution in [0.4, 0.5) is 5.69 Å². The minimum absolute atomic E-state index is 0.0325. The molecule has 94 valence electrons. The molecule has 0 unspecified atom stereocenters. The van der Waals surface area contributed by atoms with Gasteiger partial charge in [0.05, 0.1) is 5.75 Å². The SMILES string of the molecule is Cc1ccc(N)cc1SCc1ccc(C(=O)O)o1. The Hall–Kier alpha value is -1.88. The summed E-state index contributed by atoms with van der Waals surface area (Å²) in [6.07, 6.45) is 0. The minimum Gasteiger partial charge on any atom is -0.475 e. The number of furan rings is 1. The van der Waals surface area contributed by atoms with Crippen LogP contribution >= 0.6 is 11.8 Å². The largest absolute Gasteiger partial charge is 0.475 e. The maximum Gasteiger partial charge on any atom is 0.371 e. The monoisotopic (exact) mass is 263 g/mol. The van der Waals surface area contributed by atoms with Gasteiger partial charge in [-0.1, -0.05) is 6.07 Å². The number of nitrogens with two attached hydrogens (primary N) is 1. The van der Waals surface area contributed by atoms with Crippen LogP contribution in [0.1, 0.15) is 21.9 Å². The molecule has 0 fully saturated rings. The van der Waals surface area contributed by atoms with Crippen LogP contribution in [0.25, 0.3) is 0 Å². The Morgan fingerprint density at radius 1 is 1.39 bits per heavy atom. The first kappa shape index (κ1) is 12.6. The van der Waals surface area contributed by atoms with Crippen LogP contribution < -0.4 is 5.73 Å². The number of aryl methyl sites for hydroxylation is 1. The van der Waals surface area contributed by atoms with E-state index in [0.29, 0.717) is 17.2 Å². The van der Waals surface area contributed by atoms with Crippen LogP contribution in [-0.4, -0.2) is 11.1 Å². The van der Waals surface area contributed by atoms with Gasteiger partial charge in [-0.15, -0.1) is 11.8 Å². The van der Waals surface area contributed by atoms with Crippen LogP contribution in [0.2, 0.25) is 0 Å². The highest BCUT2D eigenvalue weighted by Gasteiger charge is 2.09. The van der Waals surface area contributed by atoms with E-state index in [2.05, 4.69) is 0 Å². The normalized spacial score (nSPS) is 10.5. The highest BCUT2D eigenvalue weighted by molar-refractivity contribution is 7.98. The molecule has 0 aliphatic rings. The summed E-state index contributed by atoms with van der Waals surface area (Å²) in [6, 6.07) is 8.86. The number of carboxylic acids is 1. The van der Waals surface area contributed by atoms with Gasteiger partial charge in [-0.3, -0.25) is 0 Å². The highest BCUT2D eigenvalue weighted by atomic mass is 32.2. The number of rotatable bonds is 4. The van der Waals surface area contributed by atoms with Crippen molar-refractivity contribution in [2.75, 3.05) is 5.73 Å². The molecule has 5 heteroatoms. The Kier molecular flexibility index (Phi) is 3.62. The Bertz CT molecular complexity index is 577. The molecule has 1 heterocycles. The summed E-state index contributed by atoms with van der Waals surface area (Å²) in [7, 11) is 0. The fourth-order valence-corrected chi connectivity index (χ4v) is 2.46. The summed E-state index contributed by atoms with van der Waals surface area (Å²) in [4.78, 5) is 11.7. The van der Waals surface area contributed by atoms with E-state index in [-0.39, 0.29) is 5.76 Å². The predicted molar refractivity (Wildman–Crippen MR) is 70.8 cm³/mol. The second-order valence-corrected chi connectivity index (χ2v) is 4.90. The molecule has 0 radical (unpaired) electrons. The van der Waals surface area contributed by atoms with Gasteiger partial charge in [0.25, 0.3) is 0 Å². The third kappa shape index (κ3) is 2.87. The number of carboxylic acid groups (broad SMARTS) is 1. The van der Waals surface area contributed by atoms with Crippen molar-refractivity contribution < 1.29 is 14.3 Å². The molecule has 0 aliphatic carbocycles. The topological polar surface area (TPSA) is 76.5 Å². The van der Waals surface area contributed by atoms with E-state index in [4.69, 9.17) is 15.3 Å². The first-order valence-corrected chi connectivity index (χ1v) is 6.36. The number of benzene rings is 1. The molecule has 0 bridgehead atoms.